The number of rotatable bonds is 2. The third-order valence-corrected chi connectivity index (χ3v) is 3.36. The average molecular weight is 239 g/mol. The first-order valence-corrected chi connectivity index (χ1v) is 5.27. The molecule has 1 fully saturated rings. The Bertz CT molecular complexity index is 353. The van der Waals surface area contributed by atoms with Gasteiger partial charge in [-0.2, -0.15) is 0 Å². The third-order valence-electron chi connectivity index (χ3n) is 2.51. The largest absolute Gasteiger partial charge is 0.298 e. The van der Waals surface area contributed by atoms with E-state index in [0.717, 1.165) is 16.3 Å². The van der Waals surface area contributed by atoms with Gasteiger partial charge in [-0.3, -0.25) is 4.79 Å². The summed E-state index contributed by atoms with van der Waals surface area (Å²) in [6, 6.07) is 4.06. The molecular weight excluding hydrogens is 228 g/mol. The van der Waals surface area contributed by atoms with Crippen molar-refractivity contribution >= 4 is 22.2 Å². The SMILES string of the molecule is Cc1cc(C2CC2)c(C=O)cc1Br. The Morgan fingerprint density at radius 2 is 2.15 bits per heavy atom. The van der Waals surface area contributed by atoms with Gasteiger partial charge in [-0.1, -0.05) is 22.0 Å². The predicted molar refractivity (Wildman–Crippen MR) is 56.2 cm³/mol. The van der Waals surface area contributed by atoms with Crippen LogP contribution in [-0.4, -0.2) is 6.29 Å². The van der Waals surface area contributed by atoms with E-state index in [-0.39, 0.29) is 0 Å². The van der Waals surface area contributed by atoms with E-state index in [0.29, 0.717) is 5.92 Å². The predicted octanol–water partition coefficient (Wildman–Crippen LogP) is 3.45. The molecule has 68 valence electrons. The van der Waals surface area contributed by atoms with Gasteiger partial charge < -0.3 is 0 Å². The summed E-state index contributed by atoms with van der Waals surface area (Å²) < 4.78 is 1.03. The molecule has 0 unspecified atom stereocenters. The number of aryl methyl sites for hydroxylation is 1. The molecule has 0 radical (unpaired) electrons. The van der Waals surface area contributed by atoms with Crippen LogP contribution in [0, 0.1) is 6.92 Å². The van der Waals surface area contributed by atoms with Crippen LogP contribution in [-0.2, 0) is 0 Å². The van der Waals surface area contributed by atoms with Crippen LogP contribution in [0.4, 0.5) is 0 Å². The normalized spacial score (nSPS) is 15.8. The second-order valence-electron chi connectivity index (χ2n) is 3.62. The maximum Gasteiger partial charge on any atom is 0.150 e. The number of hydrogen-bond donors (Lipinski definition) is 0. The van der Waals surface area contributed by atoms with Gasteiger partial charge in [-0.25, -0.2) is 0 Å². The lowest BCUT2D eigenvalue weighted by atomic mass is 10.0. The summed E-state index contributed by atoms with van der Waals surface area (Å²) in [5.74, 6) is 0.645. The average Bonchev–Trinajstić information content (AvgIpc) is 2.92. The van der Waals surface area contributed by atoms with Crippen molar-refractivity contribution in [2.45, 2.75) is 25.7 Å². The first-order chi connectivity index (χ1) is 6.22. The fourth-order valence-corrected chi connectivity index (χ4v) is 1.93. The van der Waals surface area contributed by atoms with Gasteiger partial charge in [0.25, 0.3) is 0 Å². The van der Waals surface area contributed by atoms with E-state index in [1.54, 1.807) is 0 Å². The molecule has 1 saturated carbocycles. The Morgan fingerprint density at radius 3 is 2.69 bits per heavy atom. The summed E-state index contributed by atoms with van der Waals surface area (Å²) in [6.07, 6.45) is 3.43. The van der Waals surface area contributed by atoms with E-state index >= 15 is 0 Å². The molecule has 1 nitrogen and oxygen atoms in total. The summed E-state index contributed by atoms with van der Waals surface area (Å²) in [5.41, 5.74) is 3.29. The highest BCUT2D eigenvalue weighted by Gasteiger charge is 2.26. The molecule has 1 aliphatic carbocycles. The first-order valence-electron chi connectivity index (χ1n) is 4.47. The molecule has 13 heavy (non-hydrogen) atoms. The van der Waals surface area contributed by atoms with Crippen molar-refractivity contribution in [1.29, 1.82) is 0 Å². The second-order valence-corrected chi connectivity index (χ2v) is 4.48. The first kappa shape index (κ1) is 8.95. The number of carbonyl (C=O) groups excluding carboxylic acids is 1. The smallest absolute Gasteiger partial charge is 0.150 e. The minimum atomic E-state index is 0.645. The van der Waals surface area contributed by atoms with Crippen molar-refractivity contribution in [3.05, 3.63) is 33.3 Å². The van der Waals surface area contributed by atoms with Crippen molar-refractivity contribution < 1.29 is 4.79 Å². The van der Waals surface area contributed by atoms with Crippen molar-refractivity contribution in [3.63, 3.8) is 0 Å². The standard InChI is InChI=1S/C11H11BrO/c1-7-4-10(8-2-3-8)9(6-13)5-11(7)12/h4-6,8H,2-3H2,1H3. The molecular formula is C11H11BrO. The summed E-state index contributed by atoms with van der Waals surface area (Å²) in [5, 5.41) is 0. The van der Waals surface area contributed by atoms with E-state index in [1.165, 1.54) is 24.0 Å². The van der Waals surface area contributed by atoms with E-state index in [4.69, 9.17) is 0 Å². The molecule has 0 aliphatic heterocycles. The maximum atomic E-state index is 10.8. The van der Waals surface area contributed by atoms with Crippen LogP contribution in [0.2, 0.25) is 0 Å². The van der Waals surface area contributed by atoms with Gasteiger partial charge in [-0.05, 0) is 42.9 Å². The Labute approximate surface area is 86.3 Å². The lowest BCUT2D eigenvalue weighted by Gasteiger charge is -2.06. The molecule has 0 N–H and O–H groups in total. The Morgan fingerprint density at radius 1 is 1.46 bits per heavy atom. The van der Waals surface area contributed by atoms with Crippen LogP contribution in [0.3, 0.4) is 0 Å². The maximum absolute atomic E-state index is 10.8. The molecule has 2 rings (SSSR count). The van der Waals surface area contributed by atoms with Gasteiger partial charge in [0.2, 0.25) is 0 Å². The van der Waals surface area contributed by atoms with Crippen LogP contribution in [0.15, 0.2) is 16.6 Å². The van der Waals surface area contributed by atoms with Gasteiger partial charge in [0.1, 0.15) is 6.29 Å². The van der Waals surface area contributed by atoms with Crippen molar-refractivity contribution in [3.8, 4) is 0 Å². The number of halogens is 1. The molecule has 1 aromatic carbocycles. The van der Waals surface area contributed by atoms with Crippen LogP contribution in [0.1, 0.15) is 40.2 Å². The molecule has 0 bridgehead atoms. The lowest BCUT2D eigenvalue weighted by molar-refractivity contribution is 0.112. The Balaban J connectivity index is 2.52. The summed E-state index contributed by atoms with van der Waals surface area (Å²) in [4.78, 5) is 10.8. The Hall–Kier alpha value is -0.630. The zero-order valence-electron chi connectivity index (χ0n) is 7.51. The number of benzene rings is 1. The highest BCUT2D eigenvalue weighted by Crippen LogP contribution is 2.42. The molecule has 1 aliphatic rings. The topological polar surface area (TPSA) is 17.1 Å². The van der Waals surface area contributed by atoms with Crippen LogP contribution < -0.4 is 0 Å². The van der Waals surface area contributed by atoms with Crippen LogP contribution in [0.25, 0.3) is 0 Å². The fourth-order valence-electron chi connectivity index (χ4n) is 1.57. The Kier molecular flexibility index (Phi) is 2.24. The quantitative estimate of drug-likeness (QED) is 0.722. The molecule has 2 heteroatoms. The highest BCUT2D eigenvalue weighted by atomic mass is 79.9. The molecule has 0 heterocycles. The summed E-state index contributed by atoms with van der Waals surface area (Å²) in [6.45, 7) is 2.06. The van der Waals surface area contributed by atoms with Crippen molar-refractivity contribution in [1.82, 2.24) is 0 Å². The van der Waals surface area contributed by atoms with Crippen LogP contribution in [0.5, 0.6) is 0 Å². The summed E-state index contributed by atoms with van der Waals surface area (Å²) in [7, 11) is 0. The van der Waals surface area contributed by atoms with Gasteiger partial charge in [-0.15, -0.1) is 0 Å². The number of carbonyl (C=O) groups is 1. The van der Waals surface area contributed by atoms with E-state index in [9.17, 15) is 4.79 Å². The molecule has 1 aromatic rings. The molecule has 0 amide bonds. The van der Waals surface area contributed by atoms with E-state index in [2.05, 4.69) is 28.9 Å². The van der Waals surface area contributed by atoms with E-state index in [1.807, 2.05) is 6.07 Å². The minimum Gasteiger partial charge on any atom is -0.298 e. The molecule has 0 spiro atoms. The van der Waals surface area contributed by atoms with Crippen LogP contribution >= 0.6 is 15.9 Å². The molecule has 0 saturated heterocycles. The van der Waals surface area contributed by atoms with E-state index < -0.39 is 0 Å². The molecule has 0 aromatic heterocycles. The van der Waals surface area contributed by atoms with Gasteiger partial charge in [0, 0.05) is 10.0 Å². The second kappa shape index (κ2) is 3.26. The molecule has 0 atom stereocenters. The fraction of sp³-hybridized carbons (Fsp3) is 0.364. The monoisotopic (exact) mass is 238 g/mol. The zero-order valence-corrected chi connectivity index (χ0v) is 9.10. The van der Waals surface area contributed by atoms with Crippen molar-refractivity contribution in [2.24, 2.45) is 0 Å². The van der Waals surface area contributed by atoms with Gasteiger partial charge in [0.05, 0.1) is 0 Å². The van der Waals surface area contributed by atoms with Gasteiger partial charge >= 0.3 is 0 Å². The highest BCUT2D eigenvalue weighted by molar-refractivity contribution is 9.10. The number of aldehydes is 1. The number of hydrogen-bond acceptors (Lipinski definition) is 1. The lowest BCUT2D eigenvalue weighted by Crippen LogP contribution is -1.92. The minimum absolute atomic E-state index is 0.645. The zero-order chi connectivity index (χ0) is 9.42. The van der Waals surface area contributed by atoms with Crippen molar-refractivity contribution in [2.75, 3.05) is 0 Å². The summed E-state index contributed by atoms with van der Waals surface area (Å²) >= 11 is 3.43. The third kappa shape index (κ3) is 1.68. The van der Waals surface area contributed by atoms with Gasteiger partial charge in [0.15, 0.2) is 0 Å².